The molecule has 0 amide bonds. The van der Waals surface area contributed by atoms with Gasteiger partial charge in [0.15, 0.2) is 22.8 Å². The molecule has 4 heterocycles. The highest BCUT2D eigenvalue weighted by atomic mass is 16.5. The van der Waals surface area contributed by atoms with E-state index in [1.54, 1.807) is 12.4 Å². The van der Waals surface area contributed by atoms with Crippen molar-refractivity contribution in [1.82, 2.24) is 24.5 Å². The summed E-state index contributed by atoms with van der Waals surface area (Å²) in [4.78, 5) is 21.5. The predicted octanol–water partition coefficient (Wildman–Crippen LogP) is 3.95. The molecule has 1 saturated heterocycles. The minimum Gasteiger partial charge on any atom is -0.490 e. The monoisotopic (exact) mass is 442 g/mol. The van der Waals surface area contributed by atoms with E-state index in [1.807, 2.05) is 36.4 Å². The molecule has 168 valence electrons. The van der Waals surface area contributed by atoms with E-state index in [0.29, 0.717) is 25.1 Å². The van der Waals surface area contributed by atoms with Crippen LogP contribution in [0.25, 0.3) is 33.9 Å². The minimum atomic E-state index is 0.344. The molecule has 0 N–H and O–H groups in total. The summed E-state index contributed by atoms with van der Waals surface area (Å²) in [6.07, 6.45) is 6.18. The van der Waals surface area contributed by atoms with Gasteiger partial charge in [-0.2, -0.15) is 0 Å². The SMILES string of the molecule is CCn1c(-c2ccncc2)nc2c(N3CCOCC3)nc(-c3cccc(OC4CC4)c3)nc21. The van der Waals surface area contributed by atoms with Crippen LogP contribution in [0, 0.1) is 0 Å². The van der Waals surface area contributed by atoms with E-state index < -0.39 is 0 Å². The van der Waals surface area contributed by atoms with E-state index in [-0.39, 0.29) is 0 Å². The number of hydrogen-bond acceptors (Lipinski definition) is 7. The molecule has 3 aromatic heterocycles. The van der Waals surface area contributed by atoms with Crippen molar-refractivity contribution in [3.63, 3.8) is 0 Å². The van der Waals surface area contributed by atoms with Gasteiger partial charge in [0.25, 0.3) is 0 Å². The van der Waals surface area contributed by atoms with Crippen LogP contribution in [0.3, 0.4) is 0 Å². The minimum absolute atomic E-state index is 0.344. The Morgan fingerprint density at radius 2 is 1.82 bits per heavy atom. The lowest BCUT2D eigenvalue weighted by Crippen LogP contribution is -2.37. The van der Waals surface area contributed by atoms with Crippen LogP contribution < -0.4 is 9.64 Å². The quantitative estimate of drug-likeness (QED) is 0.447. The van der Waals surface area contributed by atoms with Gasteiger partial charge in [0, 0.05) is 43.2 Å². The molecule has 33 heavy (non-hydrogen) atoms. The number of hydrogen-bond donors (Lipinski definition) is 0. The third-order valence-corrected chi connectivity index (χ3v) is 6.06. The lowest BCUT2D eigenvalue weighted by atomic mass is 10.2. The third kappa shape index (κ3) is 3.91. The molecule has 6 rings (SSSR count). The molecule has 2 aliphatic rings. The van der Waals surface area contributed by atoms with Crippen molar-refractivity contribution < 1.29 is 9.47 Å². The van der Waals surface area contributed by atoms with Crippen molar-refractivity contribution in [2.45, 2.75) is 32.4 Å². The fourth-order valence-electron chi connectivity index (χ4n) is 4.22. The molecule has 8 nitrogen and oxygen atoms in total. The number of ether oxygens (including phenoxy) is 2. The van der Waals surface area contributed by atoms with E-state index in [2.05, 4.69) is 21.4 Å². The zero-order chi connectivity index (χ0) is 22.2. The fraction of sp³-hybridized carbons (Fsp3) is 0.360. The van der Waals surface area contributed by atoms with Crippen molar-refractivity contribution in [1.29, 1.82) is 0 Å². The summed E-state index contributed by atoms with van der Waals surface area (Å²) in [6, 6.07) is 12.1. The summed E-state index contributed by atoms with van der Waals surface area (Å²) in [6.45, 7) is 5.78. The van der Waals surface area contributed by atoms with Gasteiger partial charge in [0.2, 0.25) is 0 Å². The standard InChI is InChI=1S/C25H26N6O2/c1-2-31-23(17-8-10-26-11-9-17)27-21-24(30-12-14-32-15-13-30)28-22(29-25(21)31)18-4-3-5-20(16-18)33-19-6-7-19/h3-5,8-11,16,19H,2,6-7,12-15H2,1H3. The van der Waals surface area contributed by atoms with Crippen molar-refractivity contribution in [3.8, 4) is 28.5 Å². The molecule has 0 atom stereocenters. The Balaban J connectivity index is 1.53. The van der Waals surface area contributed by atoms with Crippen molar-refractivity contribution in [2.75, 3.05) is 31.2 Å². The van der Waals surface area contributed by atoms with Crippen LogP contribution in [-0.2, 0) is 11.3 Å². The van der Waals surface area contributed by atoms with Crippen LogP contribution >= 0.6 is 0 Å². The molecule has 0 spiro atoms. The van der Waals surface area contributed by atoms with Crippen LogP contribution in [0.15, 0.2) is 48.8 Å². The van der Waals surface area contributed by atoms with Crippen molar-refractivity contribution in [2.24, 2.45) is 0 Å². The van der Waals surface area contributed by atoms with Gasteiger partial charge in [-0.1, -0.05) is 12.1 Å². The van der Waals surface area contributed by atoms with Gasteiger partial charge in [-0.05, 0) is 44.0 Å². The maximum absolute atomic E-state index is 6.02. The van der Waals surface area contributed by atoms with Crippen molar-refractivity contribution in [3.05, 3.63) is 48.8 Å². The molecule has 1 aliphatic carbocycles. The summed E-state index contributed by atoms with van der Waals surface area (Å²) < 4.78 is 13.8. The summed E-state index contributed by atoms with van der Waals surface area (Å²) in [5.41, 5.74) is 3.61. The number of aryl methyl sites for hydroxylation is 1. The number of anilines is 1. The summed E-state index contributed by atoms with van der Waals surface area (Å²) in [5.74, 6) is 3.28. The largest absolute Gasteiger partial charge is 0.490 e. The Kier molecular flexibility index (Phi) is 5.14. The normalized spacial score (nSPS) is 16.3. The van der Waals surface area contributed by atoms with Crippen LogP contribution in [0.4, 0.5) is 5.82 Å². The van der Waals surface area contributed by atoms with Gasteiger partial charge < -0.3 is 18.9 Å². The molecule has 1 aromatic carbocycles. The number of imidazole rings is 1. The summed E-state index contributed by atoms with van der Waals surface area (Å²) >= 11 is 0. The first-order valence-corrected chi connectivity index (χ1v) is 11.6. The number of fused-ring (bicyclic) bond motifs is 1. The van der Waals surface area contributed by atoms with Gasteiger partial charge >= 0.3 is 0 Å². The summed E-state index contributed by atoms with van der Waals surface area (Å²) in [7, 11) is 0. The number of benzene rings is 1. The average molecular weight is 443 g/mol. The Hall–Kier alpha value is -3.52. The second kappa shape index (κ2) is 8.44. The van der Waals surface area contributed by atoms with Crippen LogP contribution in [-0.4, -0.2) is 56.9 Å². The van der Waals surface area contributed by atoms with Crippen LogP contribution in [0.1, 0.15) is 19.8 Å². The zero-order valence-corrected chi connectivity index (χ0v) is 18.6. The first-order valence-electron chi connectivity index (χ1n) is 11.6. The van der Waals surface area contributed by atoms with Crippen LogP contribution in [0.2, 0.25) is 0 Å². The number of aromatic nitrogens is 5. The van der Waals surface area contributed by atoms with E-state index in [4.69, 9.17) is 24.4 Å². The molecule has 8 heteroatoms. The molecule has 2 fully saturated rings. The van der Waals surface area contributed by atoms with Gasteiger partial charge in [-0.15, -0.1) is 0 Å². The first kappa shape index (κ1) is 20.1. The zero-order valence-electron chi connectivity index (χ0n) is 18.6. The molecule has 1 aliphatic heterocycles. The molecular formula is C25H26N6O2. The van der Waals surface area contributed by atoms with Gasteiger partial charge in [0.1, 0.15) is 11.6 Å². The van der Waals surface area contributed by atoms with Crippen molar-refractivity contribution >= 4 is 17.0 Å². The van der Waals surface area contributed by atoms with E-state index in [1.165, 1.54) is 0 Å². The Morgan fingerprint density at radius 1 is 1.00 bits per heavy atom. The smallest absolute Gasteiger partial charge is 0.166 e. The highest BCUT2D eigenvalue weighted by Gasteiger charge is 2.25. The van der Waals surface area contributed by atoms with E-state index >= 15 is 0 Å². The number of morpholine rings is 1. The molecule has 0 radical (unpaired) electrons. The molecule has 0 bridgehead atoms. The maximum Gasteiger partial charge on any atom is 0.166 e. The average Bonchev–Trinajstić information content (AvgIpc) is 3.61. The van der Waals surface area contributed by atoms with Gasteiger partial charge in [0.05, 0.1) is 19.3 Å². The topological polar surface area (TPSA) is 78.2 Å². The summed E-state index contributed by atoms with van der Waals surface area (Å²) in [5, 5.41) is 0. The van der Waals surface area contributed by atoms with Gasteiger partial charge in [-0.25, -0.2) is 15.0 Å². The highest BCUT2D eigenvalue weighted by Crippen LogP contribution is 2.33. The highest BCUT2D eigenvalue weighted by molar-refractivity contribution is 5.89. The Labute approximate surface area is 192 Å². The molecule has 1 saturated carbocycles. The predicted molar refractivity (Wildman–Crippen MR) is 126 cm³/mol. The maximum atomic E-state index is 6.02. The third-order valence-electron chi connectivity index (χ3n) is 6.06. The number of rotatable bonds is 6. The number of nitrogens with zero attached hydrogens (tertiary/aromatic N) is 6. The second-order valence-corrected chi connectivity index (χ2v) is 8.40. The van der Waals surface area contributed by atoms with E-state index in [9.17, 15) is 0 Å². The van der Waals surface area contributed by atoms with Crippen LogP contribution in [0.5, 0.6) is 5.75 Å². The lowest BCUT2D eigenvalue weighted by molar-refractivity contribution is 0.122. The molecule has 4 aromatic rings. The lowest BCUT2D eigenvalue weighted by Gasteiger charge is -2.28. The Bertz CT molecular complexity index is 1280. The first-order chi connectivity index (χ1) is 16.3. The Morgan fingerprint density at radius 3 is 2.58 bits per heavy atom. The second-order valence-electron chi connectivity index (χ2n) is 8.40. The molecule has 0 unspecified atom stereocenters. The van der Waals surface area contributed by atoms with Gasteiger partial charge in [-0.3, -0.25) is 4.98 Å². The van der Waals surface area contributed by atoms with E-state index in [0.717, 1.165) is 72.2 Å². The fourth-order valence-corrected chi connectivity index (χ4v) is 4.22. The molecular weight excluding hydrogens is 416 g/mol. The number of pyridine rings is 1.